The number of nitrogens with one attached hydrogen (secondary N) is 1. The Morgan fingerprint density at radius 1 is 1.25 bits per heavy atom. The molecule has 1 aromatic heterocycles. The number of benzene rings is 1. The Morgan fingerprint density at radius 2 is 2.00 bits per heavy atom. The Kier molecular flexibility index (Phi) is 3.78. The number of hydrogen-bond donors (Lipinski definition) is 1. The highest BCUT2D eigenvalue weighted by molar-refractivity contribution is 5.92. The van der Waals surface area contributed by atoms with Crippen LogP contribution in [0.1, 0.15) is 12.8 Å². The van der Waals surface area contributed by atoms with Crippen molar-refractivity contribution in [3.63, 3.8) is 0 Å². The number of ether oxygens (including phenoxy) is 1. The molecule has 1 saturated heterocycles. The van der Waals surface area contributed by atoms with E-state index in [-0.39, 0.29) is 11.8 Å². The van der Waals surface area contributed by atoms with Gasteiger partial charge in [0.05, 0.1) is 6.33 Å². The standard InChI is InChI=1S/C15H17N3O2/c19-15(12-5-9-20-10-6-12)17-13-1-3-14(4-2-13)18-8-7-16-11-18/h1-4,7-8,11-12H,5-6,9-10H2,(H,17,19). The van der Waals surface area contributed by atoms with E-state index in [1.54, 1.807) is 12.5 Å². The molecule has 5 heteroatoms. The van der Waals surface area contributed by atoms with Gasteiger partial charge in [-0.3, -0.25) is 4.79 Å². The van der Waals surface area contributed by atoms with Crippen LogP contribution in [0.3, 0.4) is 0 Å². The average molecular weight is 271 g/mol. The van der Waals surface area contributed by atoms with Gasteiger partial charge < -0.3 is 14.6 Å². The Labute approximate surface area is 117 Å². The normalized spacial score (nSPS) is 16.0. The van der Waals surface area contributed by atoms with E-state index in [0.717, 1.165) is 24.2 Å². The molecule has 0 unspecified atom stereocenters. The third-order valence-electron chi connectivity index (χ3n) is 3.53. The summed E-state index contributed by atoms with van der Waals surface area (Å²) in [6, 6.07) is 7.74. The average Bonchev–Trinajstić information content (AvgIpc) is 3.03. The first kappa shape index (κ1) is 12.9. The van der Waals surface area contributed by atoms with Gasteiger partial charge in [0.15, 0.2) is 0 Å². The van der Waals surface area contributed by atoms with Gasteiger partial charge in [-0.15, -0.1) is 0 Å². The Morgan fingerprint density at radius 3 is 2.65 bits per heavy atom. The molecule has 104 valence electrons. The summed E-state index contributed by atoms with van der Waals surface area (Å²) >= 11 is 0. The molecule has 1 amide bonds. The van der Waals surface area contributed by atoms with E-state index in [1.165, 1.54) is 0 Å². The van der Waals surface area contributed by atoms with Gasteiger partial charge in [-0.25, -0.2) is 4.98 Å². The molecule has 1 aliphatic rings. The largest absolute Gasteiger partial charge is 0.381 e. The Bertz CT molecular complexity index is 557. The smallest absolute Gasteiger partial charge is 0.227 e. The summed E-state index contributed by atoms with van der Waals surface area (Å²) in [5.41, 5.74) is 1.84. The molecule has 1 fully saturated rings. The van der Waals surface area contributed by atoms with Gasteiger partial charge in [0, 0.05) is 42.9 Å². The minimum absolute atomic E-state index is 0.0667. The maximum Gasteiger partial charge on any atom is 0.227 e. The number of hydrogen-bond acceptors (Lipinski definition) is 3. The molecule has 0 bridgehead atoms. The maximum atomic E-state index is 12.1. The number of rotatable bonds is 3. The van der Waals surface area contributed by atoms with E-state index in [1.807, 2.05) is 35.0 Å². The molecule has 0 aliphatic carbocycles. The molecule has 0 saturated carbocycles. The summed E-state index contributed by atoms with van der Waals surface area (Å²) < 4.78 is 7.19. The van der Waals surface area contributed by atoms with Gasteiger partial charge in [0.25, 0.3) is 0 Å². The maximum absolute atomic E-state index is 12.1. The quantitative estimate of drug-likeness (QED) is 0.931. The number of carbonyl (C=O) groups excluding carboxylic acids is 1. The van der Waals surface area contributed by atoms with Crippen LogP contribution in [0.2, 0.25) is 0 Å². The van der Waals surface area contributed by atoms with Crippen LogP contribution in [0.4, 0.5) is 5.69 Å². The van der Waals surface area contributed by atoms with E-state index in [9.17, 15) is 4.79 Å². The lowest BCUT2D eigenvalue weighted by atomic mass is 9.99. The van der Waals surface area contributed by atoms with Crippen LogP contribution in [0, 0.1) is 5.92 Å². The van der Waals surface area contributed by atoms with Crippen molar-refractivity contribution in [3.8, 4) is 5.69 Å². The van der Waals surface area contributed by atoms with Crippen molar-refractivity contribution in [2.45, 2.75) is 12.8 Å². The number of anilines is 1. The second-order valence-electron chi connectivity index (χ2n) is 4.89. The van der Waals surface area contributed by atoms with Gasteiger partial charge in [0.1, 0.15) is 0 Å². The first-order valence-electron chi connectivity index (χ1n) is 6.80. The zero-order chi connectivity index (χ0) is 13.8. The van der Waals surface area contributed by atoms with E-state index >= 15 is 0 Å². The lowest BCUT2D eigenvalue weighted by Crippen LogP contribution is -2.28. The zero-order valence-electron chi connectivity index (χ0n) is 11.2. The number of imidazole rings is 1. The monoisotopic (exact) mass is 271 g/mol. The lowest BCUT2D eigenvalue weighted by Gasteiger charge is -2.21. The Balaban J connectivity index is 1.64. The molecule has 1 aromatic carbocycles. The van der Waals surface area contributed by atoms with Crippen molar-refractivity contribution in [2.24, 2.45) is 5.92 Å². The molecule has 0 spiro atoms. The fourth-order valence-electron chi connectivity index (χ4n) is 2.33. The molecule has 2 heterocycles. The number of nitrogens with zero attached hydrogens (tertiary/aromatic N) is 2. The first-order valence-corrected chi connectivity index (χ1v) is 6.80. The molecule has 5 nitrogen and oxygen atoms in total. The number of carbonyl (C=O) groups is 1. The van der Waals surface area contributed by atoms with E-state index in [4.69, 9.17) is 4.74 Å². The summed E-state index contributed by atoms with van der Waals surface area (Å²) in [7, 11) is 0. The molecule has 1 N–H and O–H groups in total. The molecule has 3 rings (SSSR count). The van der Waals surface area contributed by atoms with Crippen molar-refractivity contribution in [2.75, 3.05) is 18.5 Å². The van der Waals surface area contributed by atoms with Gasteiger partial charge in [-0.05, 0) is 37.1 Å². The van der Waals surface area contributed by atoms with Gasteiger partial charge in [0.2, 0.25) is 5.91 Å². The zero-order valence-corrected chi connectivity index (χ0v) is 11.2. The topological polar surface area (TPSA) is 56.2 Å². The highest BCUT2D eigenvalue weighted by Gasteiger charge is 2.21. The molecular formula is C15H17N3O2. The first-order chi connectivity index (χ1) is 9.83. The van der Waals surface area contributed by atoms with Gasteiger partial charge in [-0.1, -0.05) is 0 Å². The molecule has 1 aliphatic heterocycles. The minimum Gasteiger partial charge on any atom is -0.381 e. The fourth-order valence-corrected chi connectivity index (χ4v) is 2.33. The highest BCUT2D eigenvalue weighted by Crippen LogP contribution is 2.18. The van der Waals surface area contributed by atoms with E-state index in [2.05, 4.69) is 10.3 Å². The van der Waals surface area contributed by atoms with Crippen molar-refractivity contribution in [1.29, 1.82) is 0 Å². The van der Waals surface area contributed by atoms with Crippen LogP contribution < -0.4 is 5.32 Å². The van der Waals surface area contributed by atoms with Crippen molar-refractivity contribution in [3.05, 3.63) is 43.0 Å². The highest BCUT2D eigenvalue weighted by atomic mass is 16.5. The fraction of sp³-hybridized carbons (Fsp3) is 0.333. The third-order valence-corrected chi connectivity index (χ3v) is 3.53. The Hall–Kier alpha value is -2.14. The van der Waals surface area contributed by atoms with Crippen molar-refractivity contribution >= 4 is 11.6 Å². The van der Waals surface area contributed by atoms with E-state index in [0.29, 0.717) is 13.2 Å². The molecular weight excluding hydrogens is 254 g/mol. The summed E-state index contributed by atoms with van der Waals surface area (Å²) in [4.78, 5) is 16.1. The molecule has 0 atom stereocenters. The van der Waals surface area contributed by atoms with Gasteiger partial charge in [-0.2, -0.15) is 0 Å². The predicted molar refractivity (Wildman–Crippen MR) is 75.7 cm³/mol. The number of aromatic nitrogens is 2. The van der Waals surface area contributed by atoms with Crippen molar-refractivity contribution < 1.29 is 9.53 Å². The summed E-state index contributed by atoms with van der Waals surface area (Å²) in [6.45, 7) is 1.36. The van der Waals surface area contributed by atoms with Crippen LogP contribution in [0.25, 0.3) is 5.69 Å². The summed E-state index contributed by atoms with van der Waals surface area (Å²) in [5.74, 6) is 0.153. The van der Waals surface area contributed by atoms with Crippen LogP contribution in [0.15, 0.2) is 43.0 Å². The molecule has 2 aromatic rings. The summed E-state index contributed by atoms with van der Waals surface area (Å²) in [6.07, 6.45) is 6.98. The van der Waals surface area contributed by atoms with Gasteiger partial charge >= 0.3 is 0 Å². The van der Waals surface area contributed by atoms with Crippen molar-refractivity contribution in [1.82, 2.24) is 9.55 Å². The number of amides is 1. The van der Waals surface area contributed by atoms with Crippen LogP contribution >= 0.6 is 0 Å². The van der Waals surface area contributed by atoms with Crippen LogP contribution in [-0.2, 0) is 9.53 Å². The molecule has 0 radical (unpaired) electrons. The minimum atomic E-state index is 0.0667. The second-order valence-corrected chi connectivity index (χ2v) is 4.89. The van der Waals surface area contributed by atoms with Crippen LogP contribution in [0.5, 0.6) is 0 Å². The second kappa shape index (κ2) is 5.88. The molecule has 20 heavy (non-hydrogen) atoms. The summed E-state index contributed by atoms with van der Waals surface area (Å²) in [5, 5.41) is 2.96. The predicted octanol–water partition coefficient (Wildman–Crippen LogP) is 2.24. The lowest BCUT2D eigenvalue weighted by molar-refractivity contribution is -0.122. The van der Waals surface area contributed by atoms with Crippen LogP contribution in [-0.4, -0.2) is 28.7 Å². The SMILES string of the molecule is O=C(Nc1ccc(-n2ccnc2)cc1)C1CCOCC1. The van der Waals surface area contributed by atoms with E-state index < -0.39 is 0 Å². The third kappa shape index (κ3) is 2.88.